The molecule has 0 aliphatic heterocycles. The summed E-state index contributed by atoms with van der Waals surface area (Å²) in [6, 6.07) is 7.12. The molecule has 0 bridgehead atoms. The molecular formula is C12H17IN2O. The summed E-state index contributed by atoms with van der Waals surface area (Å²) < 4.78 is 1.01. The molecule has 0 saturated heterocycles. The number of carbonyl (C=O) groups excluding carboxylic acids is 1. The van der Waals surface area contributed by atoms with Crippen LogP contribution in [-0.4, -0.2) is 11.9 Å². The van der Waals surface area contributed by atoms with Crippen molar-refractivity contribution in [2.24, 2.45) is 11.1 Å². The minimum atomic E-state index is -0.511. The fourth-order valence-corrected chi connectivity index (χ4v) is 1.69. The molecule has 16 heavy (non-hydrogen) atoms. The molecule has 1 aromatic rings. The molecule has 0 aromatic heterocycles. The third-order valence-electron chi connectivity index (χ3n) is 2.35. The number of carbonyl (C=O) groups is 1. The summed E-state index contributed by atoms with van der Waals surface area (Å²) in [5.74, 6) is -0.142. The van der Waals surface area contributed by atoms with E-state index in [0.29, 0.717) is 0 Å². The van der Waals surface area contributed by atoms with E-state index in [1.165, 1.54) is 0 Å². The Morgan fingerprint density at radius 3 is 2.44 bits per heavy atom. The fraction of sp³-hybridized carbons (Fsp3) is 0.417. The molecule has 0 radical (unpaired) electrons. The highest BCUT2D eigenvalue weighted by Crippen LogP contribution is 2.21. The lowest BCUT2D eigenvalue weighted by Gasteiger charge is -2.26. The number of anilines is 1. The van der Waals surface area contributed by atoms with Gasteiger partial charge in [-0.25, -0.2) is 0 Å². The summed E-state index contributed by atoms with van der Waals surface area (Å²) in [7, 11) is 0. The van der Waals surface area contributed by atoms with Gasteiger partial charge in [-0.2, -0.15) is 0 Å². The van der Waals surface area contributed by atoms with Gasteiger partial charge in [0.05, 0.1) is 11.7 Å². The van der Waals surface area contributed by atoms with E-state index in [9.17, 15) is 4.79 Å². The predicted molar refractivity (Wildman–Crippen MR) is 75.2 cm³/mol. The zero-order chi connectivity index (χ0) is 12.3. The molecule has 4 heteroatoms. The Kier molecular flexibility index (Phi) is 4.32. The Morgan fingerprint density at radius 2 is 1.94 bits per heavy atom. The lowest BCUT2D eigenvalue weighted by Crippen LogP contribution is -2.45. The highest BCUT2D eigenvalue weighted by Gasteiger charge is 2.27. The van der Waals surface area contributed by atoms with E-state index in [0.717, 1.165) is 9.26 Å². The molecule has 0 fully saturated rings. The molecule has 0 spiro atoms. The normalized spacial score (nSPS) is 13.3. The largest absolute Gasteiger partial charge is 0.324 e. The molecule has 1 aromatic carbocycles. The lowest BCUT2D eigenvalue weighted by atomic mass is 9.87. The molecular weight excluding hydrogens is 315 g/mol. The van der Waals surface area contributed by atoms with Gasteiger partial charge in [-0.15, -0.1) is 0 Å². The highest BCUT2D eigenvalue weighted by molar-refractivity contribution is 14.1. The second kappa shape index (κ2) is 5.14. The summed E-state index contributed by atoms with van der Waals surface area (Å²) in [5.41, 5.74) is 6.46. The van der Waals surface area contributed by atoms with Gasteiger partial charge in [-0.05, 0) is 40.1 Å². The monoisotopic (exact) mass is 332 g/mol. The smallest absolute Gasteiger partial charge is 0.241 e. The molecule has 1 atom stereocenters. The van der Waals surface area contributed by atoms with Crippen LogP contribution in [0.4, 0.5) is 5.69 Å². The lowest BCUT2D eigenvalue weighted by molar-refractivity contribution is -0.119. The maximum absolute atomic E-state index is 11.9. The first-order valence-electron chi connectivity index (χ1n) is 5.13. The van der Waals surface area contributed by atoms with Crippen LogP contribution in [0.1, 0.15) is 20.8 Å². The van der Waals surface area contributed by atoms with Crippen LogP contribution in [-0.2, 0) is 4.79 Å². The van der Waals surface area contributed by atoms with Crippen molar-refractivity contribution in [3.8, 4) is 0 Å². The van der Waals surface area contributed by atoms with Gasteiger partial charge in [0, 0.05) is 3.57 Å². The zero-order valence-corrected chi connectivity index (χ0v) is 11.9. The standard InChI is InChI=1S/C12H17IN2O/c1-12(2,3)10(14)11(16)15-9-7-5-4-6-8(9)13/h4-7,10H,14H2,1-3H3,(H,15,16)/t10-/m0/s1. The number of hydrogen-bond donors (Lipinski definition) is 2. The van der Waals surface area contributed by atoms with E-state index in [4.69, 9.17) is 5.73 Å². The van der Waals surface area contributed by atoms with Gasteiger partial charge in [-0.1, -0.05) is 32.9 Å². The number of amides is 1. The van der Waals surface area contributed by atoms with Gasteiger partial charge in [0.25, 0.3) is 0 Å². The predicted octanol–water partition coefficient (Wildman–Crippen LogP) is 2.60. The molecule has 0 heterocycles. The van der Waals surface area contributed by atoms with Gasteiger partial charge < -0.3 is 11.1 Å². The number of benzene rings is 1. The van der Waals surface area contributed by atoms with E-state index in [1.54, 1.807) is 0 Å². The number of halogens is 1. The van der Waals surface area contributed by atoms with Crippen molar-refractivity contribution >= 4 is 34.2 Å². The Labute approximate surface area is 110 Å². The Bertz CT molecular complexity index is 385. The van der Waals surface area contributed by atoms with Crippen molar-refractivity contribution in [2.75, 3.05) is 5.32 Å². The third kappa shape index (κ3) is 3.45. The first-order valence-corrected chi connectivity index (χ1v) is 6.21. The minimum absolute atomic E-state index is 0.142. The molecule has 0 unspecified atom stereocenters. The number of hydrogen-bond acceptors (Lipinski definition) is 2. The van der Waals surface area contributed by atoms with E-state index in [1.807, 2.05) is 45.0 Å². The average molecular weight is 332 g/mol. The van der Waals surface area contributed by atoms with Crippen LogP contribution in [0, 0.1) is 8.99 Å². The van der Waals surface area contributed by atoms with Crippen LogP contribution in [0.25, 0.3) is 0 Å². The third-order valence-corrected chi connectivity index (χ3v) is 3.29. The summed E-state index contributed by atoms with van der Waals surface area (Å²) in [6.45, 7) is 5.85. The second-order valence-electron chi connectivity index (χ2n) is 4.81. The molecule has 3 nitrogen and oxygen atoms in total. The van der Waals surface area contributed by atoms with E-state index in [2.05, 4.69) is 27.9 Å². The van der Waals surface area contributed by atoms with E-state index < -0.39 is 6.04 Å². The zero-order valence-electron chi connectivity index (χ0n) is 9.75. The molecule has 0 aliphatic rings. The SMILES string of the molecule is CC(C)(C)[C@@H](N)C(=O)Nc1ccccc1I. The van der Waals surface area contributed by atoms with Gasteiger partial charge >= 0.3 is 0 Å². The quantitative estimate of drug-likeness (QED) is 0.818. The first-order chi connectivity index (χ1) is 7.32. The number of para-hydroxylation sites is 1. The molecule has 0 saturated carbocycles. The molecule has 1 rings (SSSR count). The van der Waals surface area contributed by atoms with Crippen LogP contribution in [0.2, 0.25) is 0 Å². The van der Waals surface area contributed by atoms with Crippen molar-refractivity contribution < 1.29 is 4.79 Å². The van der Waals surface area contributed by atoms with Gasteiger partial charge in [0.1, 0.15) is 0 Å². The van der Waals surface area contributed by atoms with Gasteiger partial charge in [-0.3, -0.25) is 4.79 Å². The maximum Gasteiger partial charge on any atom is 0.241 e. The Hall–Kier alpha value is -0.620. The first kappa shape index (κ1) is 13.4. The van der Waals surface area contributed by atoms with Gasteiger partial charge in [0.15, 0.2) is 0 Å². The Balaban J connectivity index is 2.76. The number of nitrogens with two attached hydrogens (primary N) is 1. The summed E-state index contributed by atoms with van der Waals surface area (Å²) in [5, 5.41) is 2.85. The van der Waals surface area contributed by atoms with Crippen LogP contribution in [0.3, 0.4) is 0 Å². The van der Waals surface area contributed by atoms with Crippen molar-refractivity contribution in [1.29, 1.82) is 0 Å². The van der Waals surface area contributed by atoms with Crippen LogP contribution in [0.5, 0.6) is 0 Å². The van der Waals surface area contributed by atoms with Crippen LogP contribution >= 0.6 is 22.6 Å². The summed E-state index contributed by atoms with van der Waals surface area (Å²) >= 11 is 2.18. The van der Waals surface area contributed by atoms with Crippen LogP contribution in [0.15, 0.2) is 24.3 Å². The molecule has 0 aliphatic carbocycles. The second-order valence-corrected chi connectivity index (χ2v) is 5.97. The average Bonchev–Trinajstić information content (AvgIpc) is 2.19. The summed E-state index contributed by atoms with van der Waals surface area (Å²) in [6.07, 6.45) is 0. The van der Waals surface area contributed by atoms with E-state index >= 15 is 0 Å². The maximum atomic E-state index is 11.9. The van der Waals surface area contributed by atoms with E-state index in [-0.39, 0.29) is 11.3 Å². The number of nitrogens with one attached hydrogen (secondary N) is 1. The van der Waals surface area contributed by atoms with Crippen molar-refractivity contribution in [1.82, 2.24) is 0 Å². The molecule has 88 valence electrons. The molecule has 3 N–H and O–H groups in total. The fourth-order valence-electron chi connectivity index (χ4n) is 1.17. The molecule has 1 amide bonds. The minimum Gasteiger partial charge on any atom is -0.324 e. The summed E-state index contributed by atoms with van der Waals surface area (Å²) in [4.78, 5) is 11.9. The number of rotatable bonds is 2. The van der Waals surface area contributed by atoms with Gasteiger partial charge in [0.2, 0.25) is 5.91 Å². The Morgan fingerprint density at radius 1 is 1.38 bits per heavy atom. The topological polar surface area (TPSA) is 55.1 Å². The van der Waals surface area contributed by atoms with Crippen LogP contribution < -0.4 is 11.1 Å². The van der Waals surface area contributed by atoms with Crippen molar-refractivity contribution in [3.05, 3.63) is 27.8 Å². The van der Waals surface area contributed by atoms with Crippen molar-refractivity contribution in [3.63, 3.8) is 0 Å². The van der Waals surface area contributed by atoms with Crippen molar-refractivity contribution in [2.45, 2.75) is 26.8 Å². The highest BCUT2D eigenvalue weighted by atomic mass is 127.